The molecule has 4 heteroatoms. The summed E-state index contributed by atoms with van der Waals surface area (Å²) in [5, 5.41) is 4.17. The third kappa shape index (κ3) is 2.34. The Labute approximate surface area is 83.9 Å². The van der Waals surface area contributed by atoms with Gasteiger partial charge in [-0.3, -0.25) is 4.68 Å². The molecule has 14 heavy (non-hydrogen) atoms. The van der Waals surface area contributed by atoms with E-state index in [9.17, 15) is 4.79 Å². The van der Waals surface area contributed by atoms with E-state index in [-0.39, 0.29) is 12.1 Å². The summed E-state index contributed by atoms with van der Waals surface area (Å²) >= 11 is 0. The molecule has 0 aliphatic heterocycles. The van der Waals surface area contributed by atoms with Gasteiger partial charge in [-0.05, 0) is 33.8 Å². The van der Waals surface area contributed by atoms with E-state index in [0.29, 0.717) is 12.2 Å². The fourth-order valence-electron chi connectivity index (χ4n) is 1.23. The molecule has 0 atom stereocenters. The molecule has 1 rings (SSSR count). The monoisotopic (exact) mass is 196 g/mol. The highest BCUT2D eigenvalue weighted by atomic mass is 16.5. The van der Waals surface area contributed by atoms with Crippen LogP contribution < -0.4 is 0 Å². The second kappa shape index (κ2) is 4.26. The maximum atomic E-state index is 11.6. The largest absolute Gasteiger partial charge is 0.458 e. The Morgan fingerprint density at radius 3 is 2.79 bits per heavy atom. The summed E-state index contributed by atoms with van der Waals surface area (Å²) in [6.07, 6.45) is -0.0944. The van der Waals surface area contributed by atoms with E-state index < -0.39 is 0 Å². The highest BCUT2D eigenvalue weighted by molar-refractivity contribution is 5.87. The number of aryl methyl sites for hydroxylation is 2. The Morgan fingerprint density at radius 1 is 1.64 bits per heavy atom. The van der Waals surface area contributed by atoms with Gasteiger partial charge in [0.05, 0.1) is 11.8 Å². The number of carbonyl (C=O) groups is 1. The van der Waals surface area contributed by atoms with Crippen LogP contribution in [0.25, 0.3) is 0 Å². The van der Waals surface area contributed by atoms with Gasteiger partial charge in [-0.25, -0.2) is 4.79 Å². The number of hydrogen-bond acceptors (Lipinski definition) is 3. The van der Waals surface area contributed by atoms with E-state index in [4.69, 9.17) is 4.74 Å². The molecule has 0 unspecified atom stereocenters. The third-order valence-electron chi connectivity index (χ3n) is 1.75. The molecular weight excluding hydrogens is 180 g/mol. The standard InChI is InChI=1S/C10H16N2O2/c1-5-12-9(6-8(4)11-12)10(13)14-7(2)3/h6-7H,5H2,1-4H3. The van der Waals surface area contributed by atoms with Crippen molar-refractivity contribution < 1.29 is 9.53 Å². The summed E-state index contributed by atoms with van der Waals surface area (Å²) in [5.41, 5.74) is 1.36. The molecule has 0 radical (unpaired) electrons. The summed E-state index contributed by atoms with van der Waals surface area (Å²) < 4.78 is 6.75. The Bertz CT molecular complexity index is 329. The molecule has 0 saturated heterocycles. The Hall–Kier alpha value is -1.32. The second-order valence-electron chi connectivity index (χ2n) is 3.44. The van der Waals surface area contributed by atoms with Crippen LogP contribution in [0.15, 0.2) is 6.07 Å². The van der Waals surface area contributed by atoms with Gasteiger partial charge >= 0.3 is 5.97 Å². The quantitative estimate of drug-likeness (QED) is 0.692. The molecule has 0 aliphatic rings. The van der Waals surface area contributed by atoms with Crippen molar-refractivity contribution in [1.82, 2.24) is 9.78 Å². The van der Waals surface area contributed by atoms with E-state index in [1.54, 1.807) is 10.7 Å². The van der Waals surface area contributed by atoms with Gasteiger partial charge in [0, 0.05) is 6.54 Å². The lowest BCUT2D eigenvalue weighted by Gasteiger charge is -2.08. The van der Waals surface area contributed by atoms with Crippen molar-refractivity contribution in [3.63, 3.8) is 0 Å². The van der Waals surface area contributed by atoms with Crippen LogP contribution in [0.5, 0.6) is 0 Å². The van der Waals surface area contributed by atoms with Crippen LogP contribution in [-0.2, 0) is 11.3 Å². The van der Waals surface area contributed by atoms with Crippen LogP contribution >= 0.6 is 0 Å². The van der Waals surface area contributed by atoms with Crippen LogP contribution in [0.3, 0.4) is 0 Å². The molecule has 0 N–H and O–H groups in total. The van der Waals surface area contributed by atoms with Crippen molar-refractivity contribution >= 4 is 5.97 Å². The predicted octanol–water partition coefficient (Wildman–Crippen LogP) is 1.78. The number of rotatable bonds is 3. The number of aromatic nitrogens is 2. The first-order valence-corrected chi connectivity index (χ1v) is 4.80. The van der Waals surface area contributed by atoms with E-state index in [0.717, 1.165) is 5.69 Å². The zero-order valence-electron chi connectivity index (χ0n) is 9.07. The summed E-state index contributed by atoms with van der Waals surface area (Å²) in [4.78, 5) is 11.6. The fraction of sp³-hybridized carbons (Fsp3) is 0.600. The summed E-state index contributed by atoms with van der Waals surface area (Å²) in [6.45, 7) is 8.14. The van der Waals surface area contributed by atoms with Crippen LogP contribution in [0, 0.1) is 6.92 Å². The lowest BCUT2D eigenvalue weighted by Crippen LogP contribution is -2.16. The number of nitrogens with zero attached hydrogens (tertiary/aromatic N) is 2. The predicted molar refractivity (Wildman–Crippen MR) is 53.2 cm³/mol. The first-order chi connectivity index (χ1) is 6.54. The highest BCUT2D eigenvalue weighted by Gasteiger charge is 2.15. The van der Waals surface area contributed by atoms with Crippen LogP contribution in [0.2, 0.25) is 0 Å². The minimum atomic E-state index is -0.303. The van der Waals surface area contributed by atoms with E-state index in [1.165, 1.54) is 0 Å². The van der Waals surface area contributed by atoms with Crippen LogP contribution in [0.4, 0.5) is 0 Å². The second-order valence-corrected chi connectivity index (χ2v) is 3.44. The summed E-state index contributed by atoms with van der Waals surface area (Å²) in [7, 11) is 0. The molecule has 0 saturated carbocycles. The van der Waals surface area contributed by atoms with E-state index in [2.05, 4.69) is 5.10 Å². The minimum absolute atomic E-state index is 0.0944. The van der Waals surface area contributed by atoms with Crippen LogP contribution in [-0.4, -0.2) is 21.9 Å². The van der Waals surface area contributed by atoms with Crippen molar-refractivity contribution in [1.29, 1.82) is 0 Å². The molecule has 0 aliphatic carbocycles. The Kier molecular flexibility index (Phi) is 3.28. The molecule has 0 fully saturated rings. The Balaban J connectivity index is 2.88. The first kappa shape index (κ1) is 10.8. The lowest BCUT2D eigenvalue weighted by atomic mass is 10.3. The number of hydrogen-bond donors (Lipinski definition) is 0. The maximum absolute atomic E-state index is 11.6. The van der Waals surface area contributed by atoms with Crippen molar-refractivity contribution in [2.45, 2.75) is 40.3 Å². The van der Waals surface area contributed by atoms with Gasteiger partial charge in [-0.1, -0.05) is 0 Å². The molecule has 1 aromatic rings. The van der Waals surface area contributed by atoms with Gasteiger partial charge in [-0.2, -0.15) is 5.10 Å². The molecule has 4 nitrogen and oxygen atoms in total. The van der Waals surface area contributed by atoms with Gasteiger partial charge in [0.1, 0.15) is 5.69 Å². The van der Waals surface area contributed by atoms with Crippen molar-refractivity contribution in [3.05, 3.63) is 17.5 Å². The smallest absolute Gasteiger partial charge is 0.356 e. The maximum Gasteiger partial charge on any atom is 0.356 e. The molecule has 0 amide bonds. The van der Waals surface area contributed by atoms with E-state index >= 15 is 0 Å². The normalized spacial score (nSPS) is 10.6. The molecule has 78 valence electrons. The zero-order valence-corrected chi connectivity index (χ0v) is 9.07. The summed E-state index contributed by atoms with van der Waals surface area (Å²) in [5.74, 6) is -0.303. The molecule has 1 heterocycles. The van der Waals surface area contributed by atoms with Crippen molar-refractivity contribution in [2.75, 3.05) is 0 Å². The SMILES string of the molecule is CCn1nc(C)cc1C(=O)OC(C)C. The number of ether oxygens (including phenoxy) is 1. The van der Waals surface area contributed by atoms with Crippen molar-refractivity contribution in [2.24, 2.45) is 0 Å². The topological polar surface area (TPSA) is 44.1 Å². The van der Waals surface area contributed by atoms with Gasteiger partial charge in [0.15, 0.2) is 0 Å². The Morgan fingerprint density at radius 2 is 2.29 bits per heavy atom. The average molecular weight is 196 g/mol. The van der Waals surface area contributed by atoms with Gasteiger partial charge in [0.2, 0.25) is 0 Å². The molecule has 1 aromatic heterocycles. The fourth-order valence-corrected chi connectivity index (χ4v) is 1.23. The minimum Gasteiger partial charge on any atom is -0.458 e. The zero-order chi connectivity index (χ0) is 10.7. The summed E-state index contributed by atoms with van der Waals surface area (Å²) in [6, 6.07) is 1.74. The van der Waals surface area contributed by atoms with Gasteiger partial charge < -0.3 is 4.74 Å². The molecule has 0 spiro atoms. The van der Waals surface area contributed by atoms with Crippen molar-refractivity contribution in [3.8, 4) is 0 Å². The molecular formula is C10H16N2O2. The number of esters is 1. The molecule has 0 bridgehead atoms. The van der Waals surface area contributed by atoms with Gasteiger partial charge in [-0.15, -0.1) is 0 Å². The lowest BCUT2D eigenvalue weighted by molar-refractivity contribution is 0.0363. The highest BCUT2D eigenvalue weighted by Crippen LogP contribution is 2.06. The number of carbonyl (C=O) groups excluding carboxylic acids is 1. The average Bonchev–Trinajstić information content (AvgIpc) is 2.45. The molecule has 0 aromatic carbocycles. The third-order valence-corrected chi connectivity index (χ3v) is 1.75. The van der Waals surface area contributed by atoms with E-state index in [1.807, 2.05) is 27.7 Å². The van der Waals surface area contributed by atoms with Gasteiger partial charge in [0.25, 0.3) is 0 Å². The van der Waals surface area contributed by atoms with Crippen LogP contribution in [0.1, 0.15) is 37.0 Å². The first-order valence-electron chi connectivity index (χ1n) is 4.80.